The number of rotatable bonds is 4. The Hall–Kier alpha value is -2.52. The van der Waals surface area contributed by atoms with E-state index in [4.69, 9.17) is 5.73 Å². The van der Waals surface area contributed by atoms with Crippen molar-refractivity contribution in [2.75, 3.05) is 12.0 Å². The van der Waals surface area contributed by atoms with Gasteiger partial charge in [-0.3, -0.25) is 9.00 Å². The maximum absolute atomic E-state index is 14.1. The molecule has 0 aliphatic heterocycles. The fraction of sp³-hybridized carbons (Fsp3) is 0.222. The molecule has 0 saturated carbocycles. The maximum Gasteiger partial charge on any atom is 0.263 e. The predicted molar refractivity (Wildman–Crippen MR) is 108 cm³/mol. The van der Waals surface area contributed by atoms with E-state index in [0.29, 0.717) is 21.0 Å². The number of amides is 1. The fourth-order valence-electron chi connectivity index (χ4n) is 2.68. The first-order chi connectivity index (χ1) is 12.6. The molecule has 0 radical (unpaired) electrons. The third-order valence-corrected chi connectivity index (χ3v) is 6.61. The number of thiophene rings is 1. The summed E-state index contributed by atoms with van der Waals surface area (Å²) in [6, 6.07) is 4.29. The average molecular weight is 407 g/mol. The number of halogens is 1. The molecule has 0 aliphatic carbocycles. The number of aryl methyl sites for hydroxylation is 2. The summed E-state index contributed by atoms with van der Waals surface area (Å²) in [7, 11) is -2.64. The Morgan fingerprint density at radius 3 is 2.70 bits per heavy atom. The molecule has 2 heterocycles. The lowest BCUT2D eigenvalue weighted by atomic mass is 10.1. The molecule has 0 spiro atoms. The van der Waals surface area contributed by atoms with Gasteiger partial charge in [0, 0.05) is 18.2 Å². The standard InChI is InChI=1S/C18H19FN4O2S2/c1-9-10(2)22-23-18-14(9)15(20)16(26-18)17(24)21-8-11-5-6-13(12(19)7-11)27(3,4)25/h5-7H,3,8,20H2,1-2,4H3,(H,21,24). The van der Waals surface area contributed by atoms with Gasteiger partial charge in [-0.2, -0.15) is 5.10 Å². The van der Waals surface area contributed by atoms with E-state index >= 15 is 0 Å². The summed E-state index contributed by atoms with van der Waals surface area (Å²) in [5, 5.41) is 11.6. The van der Waals surface area contributed by atoms with Crippen LogP contribution in [-0.4, -0.2) is 32.4 Å². The molecule has 1 unspecified atom stereocenters. The van der Waals surface area contributed by atoms with E-state index in [1.807, 2.05) is 13.8 Å². The van der Waals surface area contributed by atoms with Crippen LogP contribution in [0.15, 0.2) is 23.1 Å². The normalized spacial score (nSPS) is 13.5. The zero-order valence-corrected chi connectivity index (χ0v) is 16.8. The molecule has 6 nitrogen and oxygen atoms in total. The van der Waals surface area contributed by atoms with Crippen LogP contribution in [0.3, 0.4) is 0 Å². The quantitative estimate of drug-likeness (QED) is 0.649. The first kappa shape index (κ1) is 19.2. The number of aromatic nitrogens is 2. The van der Waals surface area contributed by atoms with Gasteiger partial charge in [-0.1, -0.05) is 6.07 Å². The van der Waals surface area contributed by atoms with Crippen molar-refractivity contribution in [1.29, 1.82) is 0 Å². The zero-order chi connectivity index (χ0) is 19.9. The number of benzene rings is 1. The van der Waals surface area contributed by atoms with Crippen molar-refractivity contribution in [2.45, 2.75) is 25.3 Å². The molecular weight excluding hydrogens is 387 g/mol. The molecule has 3 aromatic rings. The Morgan fingerprint density at radius 1 is 1.37 bits per heavy atom. The Morgan fingerprint density at radius 2 is 2.07 bits per heavy atom. The van der Waals surface area contributed by atoms with Gasteiger partial charge in [-0.05, 0) is 52.5 Å². The number of fused-ring (bicyclic) bond motifs is 1. The van der Waals surface area contributed by atoms with Gasteiger partial charge in [0.1, 0.15) is 15.5 Å². The van der Waals surface area contributed by atoms with E-state index in [0.717, 1.165) is 16.6 Å². The number of carbonyl (C=O) groups is 1. The summed E-state index contributed by atoms with van der Waals surface area (Å²) in [5.41, 5.74) is 8.71. The van der Waals surface area contributed by atoms with E-state index in [1.54, 1.807) is 6.07 Å². The van der Waals surface area contributed by atoms with Crippen LogP contribution >= 0.6 is 11.3 Å². The lowest BCUT2D eigenvalue weighted by molar-refractivity contribution is 0.0955. The smallest absolute Gasteiger partial charge is 0.263 e. The molecule has 2 aromatic heterocycles. The van der Waals surface area contributed by atoms with Crippen molar-refractivity contribution in [3.63, 3.8) is 0 Å². The van der Waals surface area contributed by atoms with Gasteiger partial charge in [0.15, 0.2) is 0 Å². The van der Waals surface area contributed by atoms with Crippen molar-refractivity contribution >= 4 is 48.5 Å². The van der Waals surface area contributed by atoms with E-state index in [2.05, 4.69) is 21.4 Å². The average Bonchev–Trinajstić information content (AvgIpc) is 2.92. The number of nitrogen functional groups attached to an aromatic ring is 1. The number of nitrogens with one attached hydrogen (secondary N) is 1. The number of nitrogens with two attached hydrogens (primary N) is 1. The summed E-state index contributed by atoms with van der Waals surface area (Å²) < 4.78 is 26.0. The second kappa shape index (κ2) is 6.90. The summed E-state index contributed by atoms with van der Waals surface area (Å²) in [6.07, 6.45) is 1.38. The van der Waals surface area contributed by atoms with Crippen LogP contribution < -0.4 is 11.1 Å². The van der Waals surface area contributed by atoms with Crippen molar-refractivity contribution in [1.82, 2.24) is 15.5 Å². The molecule has 142 valence electrons. The highest BCUT2D eigenvalue weighted by atomic mass is 32.2. The summed E-state index contributed by atoms with van der Waals surface area (Å²) >= 11 is 1.17. The molecule has 3 N–H and O–H groups in total. The molecule has 0 aliphatic rings. The van der Waals surface area contributed by atoms with Crippen LogP contribution in [0.5, 0.6) is 0 Å². The predicted octanol–water partition coefficient (Wildman–Crippen LogP) is 2.66. The maximum atomic E-state index is 14.1. The monoisotopic (exact) mass is 406 g/mol. The molecule has 9 heteroatoms. The second-order valence-corrected chi connectivity index (χ2v) is 9.84. The zero-order valence-electron chi connectivity index (χ0n) is 15.1. The van der Waals surface area contributed by atoms with Crippen LogP contribution in [0.25, 0.3) is 10.2 Å². The van der Waals surface area contributed by atoms with E-state index in [1.165, 1.54) is 29.7 Å². The lowest BCUT2D eigenvalue weighted by Crippen LogP contribution is -2.22. The van der Waals surface area contributed by atoms with Crippen molar-refractivity contribution < 1.29 is 13.4 Å². The SMILES string of the molecule is C=S(C)(=O)c1ccc(CNC(=O)c2sc3nnc(C)c(C)c3c2N)cc1F. The van der Waals surface area contributed by atoms with Gasteiger partial charge < -0.3 is 11.1 Å². The highest BCUT2D eigenvalue weighted by molar-refractivity contribution is 7.99. The minimum absolute atomic E-state index is 0.0655. The largest absolute Gasteiger partial charge is 0.397 e. The van der Waals surface area contributed by atoms with Gasteiger partial charge in [0.25, 0.3) is 5.91 Å². The van der Waals surface area contributed by atoms with Crippen LogP contribution in [-0.2, 0) is 16.1 Å². The van der Waals surface area contributed by atoms with Crippen molar-refractivity contribution in [3.8, 4) is 0 Å². The molecule has 1 amide bonds. The van der Waals surface area contributed by atoms with Crippen LogP contribution in [0.1, 0.15) is 26.5 Å². The molecule has 3 rings (SSSR count). The Bertz CT molecular complexity index is 1170. The first-order valence-corrected chi connectivity index (χ1v) is 11.0. The number of hydrogen-bond acceptors (Lipinski definition) is 6. The van der Waals surface area contributed by atoms with Gasteiger partial charge in [-0.25, -0.2) is 4.39 Å². The van der Waals surface area contributed by atoms with E-state index in [9.17, 15) is 13.4 Å². The second-order valence-electron chi connectivity index (χ2n) is 6.39. The van der Waals surface area contributed by atoms with E-state index in [-0.39, 0.29) is 17.3 Å². The third-order valence-electron chi connectivity index (χ3n) is 4.26. The summed E-state index contributed by atoms with van der Waals surface area (Å²) in [5.74, 6) is 2.51. The first-order valence-electron chi connectivity index (χ1n) is 8.00. The van der Waals surface area contributed by atoms with Gasteiger partial charge in [0.2, 0.25) is 0 Å². The van der Waals surface area contributed by atoms with Crippen molar-refractivity contribution in [2.24, 2.45) is 0 Å². The molecule has 0 saturated heterocycles. The van der Waals surface area contributed by atoms with Gasteiger partial charge in [0.05, 0.1) is 16.3 Å². The van der Waals surface area contributed by atoms with Crippen molar-refractivity contribution in [3.05, 3.63) is 45.7 Å². The molecule has 27 heavy (non-hydrogen) atoms. The minimum Gasteiger partial charge on any atom is -0.397 e. The molecule has 1 aromatic carbocycles. The highest BCUT2D eigenvalue weighted by Crippen LogP contribution is 2.34. The number of hydrogen-bond donors (Lipinski definition) is 2. The van der Waals surface area contributed by atoms with Crippen LogP contribution in [0.4, 0.5) is 10.1 Å². The number of carbonyl (C=O) groups excluding carboxylic acids is 1. The van der Waals surface area contributed by atoms with Crippen LogP contribution in [0, 0.1) is 19.7 Å². The number of anilines is 1. The Kier molecular flexibility index (Phi) is 4.92. The molecule has 0 bridgehead atoms. The van der Waals surface area contributed by atoms with Gasteiger partial charge >= 0.3 is 0 Å². The molecular formula is C18H19FN4O2S2. The third kappa shape index (κ3) is 3.65. The van der Waals surface area contributed by atoms with Crippen LogP contribution in [0.2, 0.25) is 0 Å². The Labute approximate surface area is 160 Å². The highest BCUT2D eigenvalue weighted by Gasteiger charge is 2.20. The minimum atomic E-state index is -2.64. The van der Waals surface area contributed by atoms with Gasteiger partial charge in [-0.15, -0.1) is 16.4 Å². The lowest BCUT2D eigenvalue weighted by Gasteiger charge is -2.08. The number of nitrogens with zero attached hydrogens (tertiary/aromatic N) is 2. The van der Waals surface area contributed by atoms with E-state index < -0.39 is 15.3 Å². The Balaban J connectivity index is 1.83. The topological polar surface area (TPSA) is 98.0 Å². The summed E-state index contributed by atoms with van der Waals surface area (Å²) in [4.78, 5) is 13.6. The molecule has 0 fully saturated rings. The fourth-order valence-corrected chi connectivity index (χ4v) is 4.52. The molecule has 1 atom stereocenters. The summed E-state index contributed by atoms with van der Waals surface area (Å²) in [6.45, 7) is 3.82.